The van der Waals surface area contributed by atoms with Gasteiger partial charge in [-0.05, 0) is 99.4 Å². The van der Waals surface area contributed by atoms with E-state index in [1.165, 1.54) is 30.3 Å². The first-order valence-electron chi connectivity index (χ1n) is 15.9. The van der Waals surface area contributed by atoms with Crippen LogP contribution in [0.15, 0.2) is 63.8 Å². The van der Waals surface area contributed by atoms with E-state index < -0.39 is 29.1 Å². The van der Waals surface area contributed by atoms with E-state index in [4.69, 9.17) is 30.2 Å². The Balaban J connectivity index is 1.50. The minimum atomic E-state index is -5.07. The van der Waals surface area contributed by atoms with Gasteiger partial charge >= 0.3 is 12.1 Å². The number of halogens is 4. The summed E-state index contributed by atoms with van der Waals surface area (Å²) in [6.45, 7) is 5.86. The number of benzene rings is 3. The zero-order valence-electron chi connectivity index (χ0n) is 26.4. The van der Waals surface area contributed by atoms with Crippen LogP contribution in [0.5, 0.6) is 23.0 Å². The average Bonchev–Trinajstić information content (AvgIpc) is 3.05. The van der Waals surface area contributed by atoms with E-state index in [-0.39, 0.29) is 40.1 Å². The first-order valence-corrected chi connectivity index (χ1v) is 16.2. The van der Waals surface area contributed by atoms with E-state index in [1.807, 2.05) is 4.90 Å². The molecule has 2 heterocycles. The van der Waals surface area contributed by atoms with Gasteiger partial charge in [-0.3, -0.25) is 9.69 Å². The molecule has 3 aromatic carbocycles. The van der Waals surface area contributed by atoms with Gasteiger partial charge in [-0.1, -0.05) is 44.2 Å². The maximum atomic E-state index is 14.4. The van der Waals surface area contributed by atoms with Gasteiger partial charge in [0.05, 0.1) is 23.1 Å². The van der Waals surface area contributed by atoms with Gasteiger partial charge in [0.2, 0.25) is 11.2 Å². The molecule has 0 radical (unpaired) electrons. The number of likely N-dealkylation sites (tertiary alicyclic amines) is 1. The SMILES string of the molecule is CCCCCCOc1ccc(C(=O)Oc2ccc3c(=O)c(Oc4ccc(Cl)c(C)c4)c(C(F)(F)F)oc3c2CN2CCCCC2)cc1. The highest BCUT2D eigenvalue weighted by atomic mass is 35.5. The van der Waals surface area contributed by atoms with Gasteiger partial charge < -0.3 is 18.6 Å². The van der Waals surface area contributed by atoms with Crippen LogP contribution in [0.2, 0.25) is 5.02 Å². The number of fused-ring (bicyclic) bond motifs is 1. The van der Waals surface area contributed by atoms with Gasteiger partial charge in [-0.2, -0.15) is 13.2 Å². The molecule has 0 spiro atoms. The summed E-state index contributed by atoms with van der Waals surface area (Å²) in [7, 11) is 0. The molecule has 7 nitrogen and oxygen atoms in total. The van der Waals surface area contributed by atoms with E-state index in [0.717, 1.165) is 44.9 Å². The monoisotopic (exact) mass is 671 g/mol. The Morgan fingerprint density at radius 2 is 1.68 bits per heavy atom. The molecule has 1 saturated heterocycles. The molecule has 0 unspecified atom stereocenters. The van der Waals surface area contributed by atoms with Crippen molar-refractivity contribution < 1.29 is 36.6 Å². The Morgan fingerprint density at radius 1 is 0.957 bits per heavy atom. The lowest BCUT2D eigenvalue weighted by Crippen LogP contribution is -2.29. The van der Waals surface area contributed by atoms with E-state index in [9.17, 15) is 22.8 Å². The quantitative estimate of drug-likeness (QED) is 0.0843. The summed E-state index contributed by atoms with van der Waals surface area (Å²) in [5, 5.41) is 0.261. The number of piperidine rings is 1. The third-order valence-electron chi connectivity index (χ3n) is 8.08. The van der Waals surface area contributed by atoms with Crippen molar-refractivity contribution in [3.05, 3.63) is 92.3 Å². The van der Waals surface area contributed by atoms with Crippen molar-refractivity contribution in [2.75, 3.05) is 19.7 Å². The van der Waals surface area contributed by atoms with E-state index >= 15 is 0 Å². The number of rotatable bonds is 12. The van der Waals surface area contributed by atoms with Crippen molar-refractivity contribution in [3.63, 3.8) is 0 Å². The molecule has 1 aliphatic rings. The molecule has 1 aromatic heterocycles. The Labute approximate surface area is 276 Å². The molecule has 5 rings (SSSR count). The third-order valence-corrected chi connectivity index (χ3v) is 8.50. The first-order chi connectivity index (χ1) is 22.5. The molecule has 0 bridgehead atoms. The summed E-state index contributed by atoms with van der Waals surface area (Å²) >= 11 is 6.06. The number of hydrogen-bond acceptors (Lipinski definition) is 7. The normalized spacial score (nSPS) is 13.9. The number of hydrogen-bond donors (Lipinski definition) is 0. The molecule has 0 N–H and O–H groups in total. The fourth-order valence-corrected chi connectivity index (χ4v) is 5.63. The molecule has 1 aliphatic heterocycles. The van der Waals surface area contributed by atoms with E-state index in [2.05, 4.69) is 6.92 Å². The number of esters is 1. The van der Waals surface area contributed by atoms with Gasteiger partial charge in [0, 0.05) is 11.6 Å². The van der Waals surface area contributed by atoms with Crippen LogP contribution in [0.4, 0.5) is 13.2 Å². The second-order valence-electron chi connectivity index (χ2n) is 11.7. The van der Waals surface area contributed by atoms with Crippen molar-refractivity contribution in [2.45, 2.75) is 71.5 Å². The predicted molar refractivity (Wildman–Crippen MR) is 174 cm³/mol. The lowest BCUT2D eigenvalue weighted by atomic mass is 10.1. The van der Waals surface area contributed by atoms with Gasteiger partial charge in [-0.25, -0.2) is 4.79 Å². The summed E-state index contributed by atoms with van der Waals surface area (Å²) in [6, 6.07) is 13.5. The number of carbonyl (C=O) groups excluding carboxylic acids is 1. The van der Waals surface area contributed by atoms with Gasteiger partial charge in [-0.15, -0.1) is 0 Å². The molecule has 250 valence electrons. The topological polar surface area (TPSA) is 78.2 Å². The van der Waals surface area contributed by atoms with Gasteiger partial charge in [0.25, 0.3) is 5.76 Å². The number of alkyl halides is 3. The second-order valence-corrected chi connectivity index (χ2v) is 12.1. The first kappa shape index (κ1) is 34.3. The molecule has 1 fully saturated rings. The van der Waals surface area contributed by atoms with Crippen LogP contribution >= 0.6 is 11.6 Å². The zero-order chi connectivity index (χ0) is 33.6. The maximum absolute atomic E-state index is 14.4. The van der Waals surface area contributed by atoms with E-state index in [0.29, 0.717) is 36.0 Å². The number of nitrogens with zero attached hydrogens (tertiary/aromatic N) is 1. The van der Waals surface area contributed by atoms with Gasteiger partial charge in [0.1, 0.15) is 22.8 Å². The predicted octanol–water partition coefficient (Wildman–Crippen LogP) is 9.73. The standard InChI is InChI=1S/C36H37ClF3NO6/c1-3-4-5-9-20-44-25-12-10-24(11-13-25)35(43)46-30-17-15-27-31(42)33(45-26-14-16-29(37)23(2)21-26)34(36(38,39)40)47-32(27)28(30)22-41-18-7-6-8-19-41/h10-17,21H,3-9,18-20,22H2,1-2H3. The highest BCUT2D eigenvalue weighted by molar-refractivity contribution is 6.31. The van der Waals surface area contributed by atoms with Crippen LogP contribution in [0, 0.1) is 6.92 Å². The summed E-state index contributed by atoms with van der Waals surface area (Å²) in [6.07, 6.45) is 2.05. The maximum Gasteiger partial charge on any atom is 0.453 e. The fraction of sp³-hybridized carbons (Fsp3) is 0.389. The van der Waals surface area contributed by atoms with Gasteiger partial charge in [0.15, 0.2) is 0 Å². The summed E-state index contributed by atoms with van der Waals surface area (Å²) < 4.78 is 65.9. The zero-order valence-corrected chi connectivity index (χ0v) is 27.1. The summed E-state index contributed by atoms with van der Waals surface area (Å²) in [5.74, 6) is -2.68. The molecule has 11 heteroatoms. The summed E-state index contributed by atoms with van der Waals surface area (Å²) in [5.41, 5.74) is -0.366. The molecule has 0 aliphatic carbocycles. The minimum absolute atomic E-state index is 0.00240. The highest BCUT2D eigenvalue weighted by Gasteiger charge is 2.41. The Morgan fingerprint density at radius 3 is 2.36 bits per heavy atom. The second kappa shape index (κ2) is 15.3. The fourth-order valence-electron chi connectivity index (χ4n) is 5.51. The van der Waals surface area contributed by atoms with Crippen LogP contribution < -0.4 is 19.6 Å². The van der Waals surface area contributed by atoms with Crippen molar-refractivity contribution in [1.82, 2.24) is 4.90 Å². The van der Waals surface area contributed by atoms with Crippen molar-refractivity contribution in [3.8, 4) is 23.0 Å². The lowest BCUT2D eigenvalue weighted by molar-refractivity contribution is -0.154. The molecule has 0 saturated carbocycles. The smallest absolute Gasteiger partial charge is 0.453 e. The Kier molecular flexibility index (Phi) is 11.1. The van der Waals surface area contributed by atoms with Crippen LogP contribution in [0.3, 0.4) is 0 Å². The molecule has 47 heavy (non-hydrogen) atoms. The molecule has 0 amide bonds. The number of unbranched alkanes of at least 4 members (excludes halogenated alkanes) is 3. The van der Waals surface area contributed by atoms with Crippen LogP contribution in [-0.2, 0) is 12.7 Å². The Bertz CT molecular complexity index is 1760. The summed E-state index contributed by atoms with van der Waals surface area (Å²) in [4.78, 5) is 29.0. The number of ether oxygens (including phenoxy) is 3. The number of aryl methyl sites for hydroxylation is 1. The van der Waals surface area contributed by atoms with E-state index in [1.54, 1.807) is 31.2 Å². The van der Waals surface area contributed by atoms with Crippen molar-refractivity contribution in [2.24, 2.45) is 0 Å². The number of carbonyl (C=O) groups is 1. The van der Waals surface area contributed by atoms with Crippen LogP contribution in [0.25, 0.3) is 11.0 Å². The largest absolute Gasteiger partial charge is 0.494 e. The highest BCUT2D eigenvalue weighted by Crippen LogP contribution is 2.41. The van der Waals surface area contributed by atoms with Crippen molar-refractivity contribution in [1.29, 1.82) is 0 Å². The average molecular weight is 672 g/mol. The minimum Gasteiger partial charge on any atom is -0.494 e. The lowest BCUT2D eigenvalue weighted by Gasteiger charge is -2.27. The molecular weight excluding hydrogens is 635 g/mol. The molecule has 0 atom stereocenters. The molecule has 4 aromatic rings. The Hall–Kier alpha value is -4.02. The van der Waals surface area contributed by atoms with Crippen LogP contribution in [-0.4, -0.2) is 30.6 Å². The van der Waals surface area contributed by atoms with Crippen LogP contribution in [0.1, 0.15) is 79.1 Å². The third kappa shape index (κ3) is 8.48. The molecular formula is C36H37ClF3NO6. The van der Waals surface area contributed by atoms with Crippen molar-refractivity contribution >= 4 is 28.5 Å².